The van der Waals surface area contributed by atoms with Gasteiger partial charge in [0.15, 0.2) is 5.82 Å². The molecular formula is C23H31FN8O. The maximum absolute atomic E-state index is 14.7. The largest absolute Gasteiger partial charge is 0.404 e. The Balaban J connectivity index is 0.00000578. The molecule has 176 valence electrons. The maximum atomic E-state index is 14.7. The van der Waals surface area contributed by atoms with Crippen molar-refractivity contribution in [3.05, 3.63) is 59.0 Å². The first kappa shape index (κ1) is 25.3. The molecule has 0 unspecified atom stereocenters. The molecule has 2 aromatic rings. The SMILES string of the molecule is Cc1cc(F)c(C(=O)Nc2cccc(N(N=N)C(=N)C(C)C)n2)cc1/C(C=NC(C)C)=C/N.[HH]. The zero-order valence-electron chi connectivity index (χ0n) is 19.3. The number of halogens is 1. The molecule has 0 aliphatic carbocycles. The summed E-state index contributed by atoms with van der Waals surface area (Å²) >= 11 is 0. The van der Waals surface area contributed by atoms with Crippen molar-refractivity contribution < 1.29 is 10.6 Å². The molecule has 0 aliphatic rings. The minimum absolute atomic E-state index is 0. The topological polar surface area (TPSA) is 144 Å². The van der Waals surface area contributed by atoms with Crippen LogP contribution in [0.2, 0.25) is 0 Å². The molecule has 0 atom stereocenters. The van der Waals surface area contributed by atoms with Crippen molar-refractivity contribution in [1.82, 2.24) is 4.98 Å². The smallest absolute Gasteiger partial charge is 0.259 e. The van der Waals surface area contributed by atoms with E-state index in [0.717, 1.165) is 5.01 Å². The van der Waals surface area contributed by atoms with E-state index in [9.17, 15) is 9.18 Å². The second kappa shape index (κ2) is 11.1. The fraction of sp³-hybridized carbons (Fsp3) is 0.304. The van der Waals surface area contributed by atoms with Gasteiger partial charge in [-0.25, -0.2) is 9.37 Å². The normalized spacial score (nSPS) is 11.8. The Hall–Kier alpha value is -3.95. The van der Waals surface area contributed by atoms with Crippen LogP contribution in [-0.2, 0) is 0 Å². The molecule has 0 saturated carbocycles. The number of anilines is 2. The van der Waals surface area contributed by atoms with Crippen LogP contribution in [-0.4, -0.2) is 29.0 Å². The van der Waals surface area contributed by atoms with Crippen molar-refractivity contribution in [2.75, 3.05) is 10.3 Å². The third kappa shape index (κ3) is 6.28. The summed E-state index contributed by atoms with van der Waals surface area (Å²) in [4.78, 5) is 21.4. The molecule has 5 N–H and O–H groups in total. The summed E-state index contributed by atoms with van der Waals surface area (Å²) in [5.41, 5.74) is 14.7. The van der Waals surface area contributed by atoms with Crippen LogP contribution >= 0.6 is 0 Å². The minimum Gasteiger partial charge on any atom is -0.404 e. The zero-order chi connectivity index (χ0) is 24.7. The predicted octanol–water partition coefficient (Wildman–Crippen LogP) is 5.19. The molecule has 9 nitrogen and oxygen atoms in total. The summed E-state index contributed by atoms with van der Waals surface area (Å²) < 4.78 is 14.7. The number of amidine groups is 1. The van der Waals surface area contributed by atoms with Gasteiger partial charge in [-0.05, 0) is 56.2 Å². The minimum atomic E-state index is -0.705. The molecule has 1 heterocycles. The molecule has 0 aliphatic heterocycles. The van der Waals surface area contributed by atoms with Gasteiger partial charge in [-0.15, -0.1) is 0 Å². The molecule has 0 radical (unpaired) electrons. The Morgan fingerprint density at radius 3 is 2.55 bits per heavy atom. The highest BCUT2D eigenvalue weighted by Crippen LogP contribution is 2.23. The Bertz CT molecular complexity index is 1110. The number of benzene rings is 1. The predicted molar refractivity (Wildman–Crippen MR) is 131 cm³/mol. The van der Waals surface area contributed by atoms with Gasteiger partial charge in [-0.1, -0.05) is 25.1 Å². The van der Waals surface area contributed by atoms with Crippen LogP contribution in [0.15, 0.2) is 46.7 Å². The lowest BCUT2D eigenvalue weighted by Gasteiger charge is -2.19. The molecule has 0 spiro atoms. The lowest BCUT2D eigenvalue weighted by molar-refractivity contribution is 0.102. The first-order valence-corrected chi connectivity index (χ1v) is 10.4. The van der Waals surface area contributed by atoms with Crippen molar-refractivity contribution in [3.8, 4) is 0 Å². The van der Waals surface area contributed by atoms with Crippen molar-refractivity contribution >= 4 is 35.2 Å². The van der Waals surface area contributed by atoms with Crippen molar-refractivity contribution in [2.24, 2.45) is 21.9 Å². The van der Waals surface area contributed by atoms with Crippen LogP contribution in [0.25, 0.3) is 5.57 Å². The third-order valence-corrected chi connectivity index (χ3v) is 4.63. The number of nitrogens with one attached hydrogen (secondary N) is 3. The van der Waals surface area contributed by atoms with Crippen LogP contribution in [0.1, 0.15) is 50.6 Å². The average Bonchev–Trinajstić information content (AvgIpc) is 2.75. The summed E-state index contributed by atoms with van der Waals surface area (Å²) in [6, 6.07) is 7.42. The quantitative estimate of drug-likeness (QED) is 0.188. The number of amides is 1. The van der Waals surface area contributed by atoms with Crippen LogP contribution in [0.3, 0.4) is 0 Å². The number of carbonyl (C=O) groups excluding carboxylic acids is 1. The van der Waals surface area contributed by atoms with Gasteiger partial charge < -0.3 is 11.1 Å². The molecule has 1 aromatic carbocycles. The number of aliphatic imine (C=N–C) groups is 1. The Morgan fingerprint density at radius 2 is 1.97 bits per heavy atom. The molecule has 0 bridgehead atoms. The molecule has 1 amide bonds. The number of aryl methyl sites for hydroxylation is 1. The number of hydrogen-bond donors (Lipinski definition) is 4. The van der Waals surface area contributed by atoms with Crippen LogP contribution < -0.4 is 16.1 Å². The summed E-state index contributed by atoms with van der Waals surface area (Å²) in [5, 5.41) is 15.0. The summed E-state index contributed by atoms with van der Waals surface area (Å²) in [5.74, 6) is -1.21. The van der Waals surface area contributed by atoms with Crippen molar-refractivity contribution in [1.29, 1.82) is 10.9 Å². The van der Waals surface area contributed by atoms with E-state index in [2.05, 4.69) is 20.5 Å². The standard InChI is InChI=1S/C23H29FN8O.H2/c1-13(2)22(26)32(31-27)21-8-6-7-20(29-21)30-23(33)18-10-17(15(5)9-19(18)24)16(11-25)12-28-14(3)4;/h6-14,26-27H,25H2,1-5H3,(H,29,30,33);1H/b16-11+,26-22?,28-12?,31-27?;. The lowest BCUT2D eigenvalue weighted by Crippen LogP contribution is -2.29. The van der Waals surface area contributed by atoms with E-state index < -0.39 is 11.7 Å². The Morgan fingerprint density at radius 1 is 1.27 bits per heavy atom. The number of hydrogen-bond acceptors (Lipinski definition) is 7. The summed E-state index contributed by atoms with van der Waals surface area (Å²) in [7, 11) is 0. The molecule has 10 heteroatoms. The van der Waals surface area contributed by atoms with E-state index in [1.807, 2.05) is 13.8 Å². The summed E-state index contributed by atoms with van der Waals surface area (Å²) in [6.45, 7) is 9.14. The fourth-order valence-electron chi connectivity index (χ4n) is 2.86. The van der Waals surface area contributed by atoms with E-state index in [-0.39, 0.29) is 36.4 Å². The van der Waals surface area contributed by atoms with E-state index in [1.165, 1.54) is 24.4 Å². The highest BCUT2D eigenvalue weighted by molar-refractivity contribution is 6.12. The lowest BCUT2D eigenvalue weighted by atomic mass is 9.98. The molecule has 0 fully saturated rings. The highest BCUT2D eigenvalue weighted by atomic mass is 19.1. The van der Waals surface area contributed by atoms with E-state index in [0.29, 0.717) is 16.7 Å². The van der Waals surface area contributed by atoms with Gasteiger partial charge in [0.2, 0.25) is 0 Å². The second-order valence-electron chi connectivity index (χ2n) is 7.93. The Kier molecular flexibility index (Phi) is 8.49. The molecular weight excluding hydrogens is 423 g/mol. The van der Waals surface area contributed by atoms with E-state index >= 15 is 0 Å². The van der Waals surface area contributed by atoms with Gasteiger partial charge in [-0.2, -0.15) is 10.5 Å². The van der Waals surface area contributed by atoms with Gasteiger partial charge in [-0.3, -0.25) is 15.2 Å². The van der Waals surface area contributed by atoms with Crippen molar-refractivity contribution in [2.45, 2.75) is 40.7 Å². The van der Waals surface area contributed by atoms with Gasteiger partial charge in [0, 0.05) is 31.4 Å². The highest BCUT2D eigenvalue weighted by Gasteiger charge is 2.19. The van der Waals surface area contributed by atoms with Gasteiger partial charge in [0.1, 0.15) is 17.5 Å². The average molecular weight is 455 g/mol. The maximum Gasteiger partial charge on any atom is 0.259 e. The van der Waals surface area contributed by atoms with Gasteiger partial charge in [0.25, 0.3) is 5.91 Å². The number of allylic oxidation sites excluding steroid dienone is 1. The molecule has 1 aromatic heterocycles. The first-order chi connectivity index (χ1) is 15.6. The monoisotopic (exact) mass is 454 g/mol. The summed E-state index contributed by atoms with van der Waals surface area (Å²) in [6.07, 6.45) is 2.96. The number of nitrogens with two attached hydrogens (primary N) is 1. The number of rotatable bonds is 8. The van der Waals surface area contributed by atoms with Crippen molar-refractivity contribution in [3.63, 3.8) is 0 Å². The first-order valence-electron chi connectivity index (χ1n) is 10.4. The fourth-order valence-corrected chi connectivity index (χ4v) is 2.86. The zero-order valence-corrected chi connectivity index (χ0v) is 19.3. The number of carbonyl (C=O) groups is 1. The van der Waals surface area contributed by atoms with E-state index in [4.69, 9.17) is 16.7 Å². The number of aromatic nitrogens is 1. The molecule has 0 saturated heterocycles. The molecule has 33 heavy (non-hydrogen) atoms. The Labute approximate surface area is 194 Å². The number of nitrogens with zero attached hydrogens (tertiary/aromatic N) is 4. The van der Waals surface area contributed by atoms with Crippen LogP contribution in [0.4, 0.5) is 16.0 Å². The third-order valence-electron chi connectivity index (χ3n) is 4.63. The van der Waals surface area contributed by atoms with Crippen LogP contribution in [0, 0.1) is 29.6 Å². The van der Waals surface area contributed by atoms with E-state index in [1.54, 1.807) is 39.1 Å². The number of pyridine rings is 1. The van der Waals surface area contributed by atoms with Crippen LogP contribution in [0.5, 0.6) is 0 Å². The molecule has 2 rings (SSSR count). The second-order valence-corrected chi connectivity index (χ2v) is 7.93. The van der Waals surface area contributed by atoms with Gasteiger partial charge >= 0.3 is 0 Å². The van der Waals surface area contributed by atoms with Gasteiger partial charge in [0.05, 0.1) is 5.56 Å².